The minimum Gasteiger partial charge on any atom is -0.356 e. The number of nitrogens with one attached hydrogen (secondary N) is 1. The molecule has 124 valence electrons. The van der Waals surface area contributed by atoms with Gasteiger partial charge in [-0.05, 0) is 24.0 Å². The summed E-state index contributed by atoms with van der Waals surface area (Å²) in [4.78, 5) is 6.76. The van der Waals surface area contributed by atoms with E-state index in [2.05, 4.69) is 37.8 Å². The number of likely N-dealkylation sites (tertiary alicyclic amines) is 1. The van der Waals surface area contributed by atoms with Gasteiger partial charge in [-0.15, -0.1) is 0 Å². The third kappa shape index (κ3) is 3.72. The Kier molecular flexibility index (Phi) is 4.64. The molecule has 2 aromatic heterocycles. The Balaban J connectivity index is 1.51. The quantitative estimate of drug-likeness (QED) is 0.668. The highest BCUT2D eigenvalue weighted by Gasteiger charge is 2.26. The topological polar surface area (TPSA) is 63.3 Å². The van der Waals surface area contributed by atoms with Crippen LogP contribution < -0.4 is 5.32 Å². The molecule has 0 aliphatic carbocycles. The van der Waals surface area contributed by atoms with Crippen LogP contribution in [0.1, 0.15) is 23.5 Å². The number of aryl methyl sites for hydroxylation is 2. The number of aliphatic imine (C=N–C) groups is 1. The third-order valence-electron chi connectivity index (χ3n) is 4.35. The van der Waals surface area contributed by atoms with Crippen molar-refractivity contribution in [2.75, 3.05) is 26.7 Å². The molecule has 0 radical (unpaired) electrons. The van der Waals surface area contributed by atoms with Gasteiger partial charge in [-0.25, -0.2) is 0 Å². The lowest BCUT2D eigenvalue weighted by atomic mass is 10.0. The van der Waals surface area contributed by atoms with Gasteiger partial charge in [-0.2, -0.15) is 10.2 Å². The molecule has 1 unspecified atom stereocenters. The molecule has 1 aliphatic heterocycles. The van der Waals surface area contributed by atoms with E-state index < -0.39 is 0 Å². The fourth-order valence-electron chi connectivity index (χ4n) is 3.13. The molecule has 23 heavy (non-hydrogen) atoms. The van der Waals surface area contributed by atoms with Crippen molar-refractivity contribution in [2.45, 2.75) is 18.8 Å². The summed E-state index contributed by atoms with van der Waals surface area (Å²) in [6.45, 7) is 2.90. The molecule has 0 aromatic carbocycles. The zero-order valence-electron chi connectivity index (χ0n) is 14.1. The lowest BCUT2D eigenvalue weighted by molar-refractivity contribution is 0.486. The van der Waals surface area contributed by atoms with Crippen molar-refractivity contribution < 1.29 is 0 Å². The summed E-state index contributed by atoms with van der Waals surface area (Å²) in [5.74, 6) is 1.53. The molecule has 0 amide bonds. The van der Waals surface area contributed by atoms with E-state index in [0.29, 0.717) is 5.92 Å². The van der Waals surface area contributed by atoms with Crippen LogP contribution in [-0.2, 0) is 20.5 Å². The second-order valence-electron chi connectivity index (χ2n) is 6.13. The van der Waals surface area contributed by atoms with E-state index in [1.807, 2.05) is 42.9 Å². The number of hydrogen-bond acceptors (Lipinski definition) is 3. The second-order valence-corrected chi connectivity index (χ2v) is 6.13. The third-order valence-corrected chi connectivity index (χ3v) is 4.35. The van der Waals surface area contributed by atoms with Crippen molar-refractivity contribution in [3.63, 3.8) is 0 Å². The molecule has 7 nitrogen and oxygen atoms in total. The van der Waals surface area contributed by atoms with Gasteiger partial charge in [0, 0.05) is 59.1 Å². The Hall–Kier alpha value is -2.31. The maximum absolute atomic E-state index is 4.43. The fourth-order valence-corrected chi connectivity index (χ4v) is 3.13. The first-order valence-corrected chi connectivity index (χ1v) is 8.07. The van der Waals surface area contributed by atoms with Crippen LogP contribution in [0, 0.1) is 0 Å². The summed E-state index contributed by atoms with van der Waals surface area (Å²) >= 11 is 0. The van der Waals surface area contributed by atoms with Crippen molar-refractivity contribution in [3.8, 4) is 0 Å². The van der Waals surface area contributed by atoms with Crippen LogP contribution in [0.3, 0.4) is 0 Å². The predicted octanol–water partition coefficient (Wildman–Crippen LogP) is 0.761. The molecule has 7 heteroatoms. The van der Waals surface area contributed by atoms with Crippen molar-refractivity contribution in [3.05, 3.63) is 35.9 Å². The number of guanidine groups is 1. The highest BCUT2D eigenvalue weighted by atomic mass is 15.3. The highest BCUT2D eigenvalue weighted by molar-refractivity contribution is 5.80. The van der Waals surface area contributed by atoms with Gasteiger partial charge < -0.3 is 10.2 Å². The lowest BCUT2D eigenvalue weighted by Crippen LogP contribution is -2.40. The average molecular weight is 315 g/mol. The summed E-state index contributed by atoms with van der Waals surface area (Å²) in [6, 6.07) is 0. The van der Waals surface area contributed by atoms with Gasteiger partial charge in [0.05, 0.1) is 12.4 Å². The van der Waals surface area contributed by atoms with Gasteiger partial charge in [-0.1, -0.05) is 0 Å². The Morgan fingerprint density at radius 3 is 2.70 bits per heavy atom. The Labute approximate surface area is 137 Å². The van der Waals surface area contributed by atoms with E-state index in [-0.39, 0.29) is 0 Å². The molecule has 3 heterocycles. The van der Waals surface area contributed by atoms with Crippen molar-refractivity contribution in [1.29, 1.82) is 0 Å². The first kappa shape index (κ1) is 15.6. The van der Waals surface area contributed by atoms with E-state index in [0.717, 1.165) is 38.4 Å². The Morgan fingerprint density at radius 2 is 2.04 bits per heavy atom. The van der Waals surface area contributed by atoms with Crippen LogP contribution in [0.2, 0.25) is 0 Å². The van der Waals surface area contributed by atoms with Gasteiger partial charge in [-0.3, -0.25) is 14.4 Å². The summed E-state index contributed by atoms with van der Waals surface area (Å²) in [5, 5.41) is 11.9. The molecule has 0 bridgehead atoms. The van der Waals surface area contributed by atoms with Crippen LogP contribution in [-0.4, -0.2) is 57.1 Å². The van der Waals surface area contributed by atoms with Crippen LogP contribution >= 0.6 is 0 Å². The number of rotatable bonds is 4. The molecule has 1 aliphatic rings. The first-order chi connectivity index (χ1) is 11.2. The van der Waals surface area contributed by atoms with E-state index in [1.165, 1.54) is 11.1 Å². The van der Waals surface area contributed by atoms with Crippen molar-refractivity contribution >= 4 is 5.96 Å². The standard InChI is InChI=1S/C16H25N7/c1-17-16(18-6-4-13-8-19-21(2)10-13)23-7-5-14(12-23)15-9-20-22(3)11-15/h8-11,14H,4-7,12H2,1-3H3,(H,17,18). The fraction of sp³-hybridized carbons (Fsp3) is 0.562. The Morgan fingerprint density at radius 1 is 1.26 bits per heavy atom. The summed E-state index contributed by atoms with van der Waals surface area (Å²) < 4.78 is 3.71. The second kappa shape index (κ2) is 6.85. The van der Waals surface area contributed by atoms with E-state index in [1.54, 1.807) is 0 Å². The zero-order valence-corrected chi connectivity index (χ0v) is 14.1. The molecular weight excluding hydrogens is 290 g/mol. The van der Waals surface area contributed by atoms with Gasteiger partial charge in [0.15, 0.2) is 5.96 Å². The molecule has 1 fully saturated rings. The van der Waals surface area contributed by atoms with E-state index in [4.69, 9.17) is 0 Å². The predicted molar refractivity (Wildman–Crippen MR) is 90.4 cm³/mol. The summed E-state index contributed by atoms with van der Waals surface area (Å²) in [6.07, 6.45) is 10.2. The monoisotopic (exact) mass is 315 g/mol. The smallest absolute Gasteiger partial charge is 0.193 e. The molecule has 2 aromatic rings. The average Bonchev–Trinajstić information content (AvgIpc) is 3.25. The maximum atomic E-state index is 4.43. The van der Waals surface area contributed by atoms with E-state index >= 15 is 0 Å². The molecule has 0 saturated carbocycles. The molecule has 1 N–H and O–H groups in total. The summed E-state index contributed by atoms with van der Waals surface area (Å²) in [5.41, 5.74) is 2.56. The maximum Gasteiger partial charge on any atom is 0.193 e. The molecule has 0 spiro atoms. The minimum atomic E-state index is 0.542. The molecule has 3 rings (SSSR count). The first-order valence-electron chi connectivity index (χ1n) is 8.07. The molecule has 1 saturated heterocycles. The minimum absolute atomic E-state index is 0.542. The number of nitrogens with zero attached hydrogens (tertiary/aromatic N) is 6. The van der Waals surface area contributed by atoms with Crippen LogP contribution in [0.5, 0.6) is 0 Å². The van der Waals surface area contributed by atoms with Crippen molar-refractivity contribution in [1.82, 2.24) is 29.8 Å². The van der Waals surface area contributed by atoms with Gasteiger partial charge in [0.25, 0.3) is 0 Å². The number of hydrogen-bond donors (Lipinski definition) is 1. The zero-order chi connectivity index (χ0) is 16.2. The van der Waals surface area contributed by atoms with Gasteiger partial charge in [0.1, 0.15) is 0 Å². The van der Waals surface area contributed by atoms with Crippen molar-refractivity contribution in [2.24, 2.45) is 19.1 Å². The highest BCUT2D eigenvalue weighted by Crippen LogP contribution is 2.26. The summed E-state index contributed by atoms with van der Waals surface area (Å²) in [7, 11) is 5.76. The van der Waals surface area contributed by atoms with E-state index in [9.17, 15) is 0 Å². The molecule has 1 atom stereocenters. The van der Waals surface area contributed by atoms with Crippen LogP contribution in [0.15, 0.2) is 29.8 Å². The van der Waals surface area contributed by atoms with Crippen LogP contribution in [0.25, 0.3) is 0 Å². The Bertz CT molecular complexity index is 670. The molecular formula is C16H25N7. The lowest BCUT2D eigenvalue weighted by Gasteiger charge is -2.21. The van der Waals surface area contributed by atoms with Crippen LogP contribution in [0.4, 0.5) is 0 Å². The van der Waals surface area contributed by atoms with Gasteiger partial charge in [0.2, 0.25) is 0 Å². The number of aromatic nitrogens is 4. The largest absolute Gasteiger partial charge is 0.356 e. The van der Waals surface area contributed by atoms with Gasteiger partial charge >= 0.3 is 0 Å². The normalized spacial score (nSPS) is 18.7. The SMILES string of the molecule is CN=C(NCCc1cnn(C)c1)N1CCC(c2cnn(C)c2)C1.